The fourth-order valence-corrected chi connectivity index (χ4v) is 2.27. The zero-order valence-corrected chi connectivity index (χ0v) is 10.4. The van der Waals surface area contributed by atoms with Crippen LogP contribution < -0.4 is 0 Å². The Hall–Kier alpha value is -2.21. The van der Waals surface area contributed by atoms with Gasteiger partial charge in [0.2, 0.25) is 0 Å². The summed E-state index contributed by atoms with van der Waals surface area (Å²) < 4.78 is 2.14. The number of rotatable bonds is 3. The summed E-state index contributed by atoms with van der Waals surface area (Å²) in [5.41, 5.74) is 0.871. The number of hydrogen-bond acceptors (Lipinski definition) is 4. The molecule has 6 nitrogen and oxygen atoms in total. The van der Waals surface area contributed by atoms with Crippen molar-refractivity contribution in [2.45, 2.75) is 19.6 Å². The highest BCUT2D eigenvalue weighted by atomic mass is 16.4. The van der Waals surface area contributed by atoms with Gasteiger partial charge in [0.1, 0.15) is 11.5 Å². The van der Waals surface area contributed by atoms with Gasteiger partial charge in [-0.1, -0.05) is 6.07 Å². The predicted molar refractivity (Wildman–Crippen MR) is 67.5 cm³/mol. The molecule has 3 heterocycles. The lowest BCUT2D eigenvalue weighted by atomic mass is 10.2. The van der Waals surface area contributed by atoms with E-state index < -0.39 is 5.97 Å². The molecule has 1 N–H and O–H groups in total. The van der Waals surface area contributed by atoms with Gasteiger partial charge in [0.15, 0.2) is 0 Å². The number of imidazole rings is 1. The topological polar surface area (TPSA) is 71.2 Å². The van der Waals surface area contributed by atoms with E-state index in [4.69, 9.17) is 5.11 Å². The average molecular weight is 258 g/mol. The molecule has 0 aromatic carbocycles. The first kappa shape index (κ1) is 11.9. The van der Waals surface area contributed by atoms with Crippen LogP contribution in [0.4, 0.5) is 0 Å². The van der Waals surface area contributed by atoms with Crippen LogP contribution in [0.3, 0.4) is 0 Å². The van der Waals surface area contributed by atoms with E-state index in [1.807, 2.05) is 18.5 Å². The summed E-state index contributed by atoms with van der Waals surface area (Å²) in [6, 6.07) is 5.10. The molecule has 0 amide bonds. The number of aromatic carboxylic acids is 1. The molecule has 2 aromatic rings. The summed E-state index contributed by atoms with van der Waals surface area (Å²) in [5.74, 6) is 0.0525. The lowest BCUT2D eigenvalue weighted by Gasteiger charge is -2.27. The molecule has 19 heavy (non-hydrogen) atoms. The molecule has 0 atom stereocenters. The van der Waals surface area contributed by atoms with Crippen molar-refractivity contribution in [3.05, 3.63) is 47.8 Å². The molecule has 0 bridgehead atoms. The molecule has 98 valence electrons. The van der Waals surface area contributed by atoms with Crippen LogP contribution in [0.1, 0.15) is 22.0 Å². The van der Waals surface area contributed by atoms with Gasteiger partial charge in [-0.3, -0.25) is 4.90 Å². The molecule has 0 unspecified atom stereocenters. The molecule has 0 saturated carbocycles. The fourth-order valence-electron chi connectivity index (χ4n) is 2.27. The highest BCUT2D eigenvalue weighted by Gasteiger charge is 2.17. The van der Waals surface area contributed by atoms with E-state index in [0.29, 0.717) is 6.54 Å². The van der Waals surface area contributed by atoms with E-state index in [0.717, 1.165) is 31.2 Å². The van der Waals surface area contributed by atoms with E-state index in [9.17, 15) is 4.79 Å². The molecule has 3 rings (SSSR count). The van der Waals surface area contributed by atoms with Crippen LogP contribution in [-0.2, 0) is 19.6 Å². The zero-order chi connectivity index (χ0) is 13.2. The largest absolute Gasteiger partial charge is 0.477 e. The molecule has 2 aromatic heterocycles. The molecule has 0 spiro atoms. The van der Waals surface area contributed by atoms with Gasteiger partial charge in [-0.25, -0.2) is 14.8 Å². The standard InChI is InChI=1S/C13H14N4O2/c18-13(19)11-3-1-2-10(15-11)8-16-6-7-17-5-4-14-12(17)9-16/h1-5H,6-9H2,(H,18,19). The van der Waals surface area contributed by atoms with E-state index >= 15 is 0 Å². The fraction of sp³-hybridized carbons (Fsp3) is 0.308. The maximum absolute atomic E-state index is 10.9. The second-order valence-corrected chi connectivity index (χ2v) is 4.57. The van der Waals surface area contributed by atoms with Gasteiger partial charge < -0.3 is 9.67 Å². The number of carboxylic acids is 1. The Morgan fingerprint density at radius 1 is 1.37 bits per heavy atom. The van der Waals surface area contributed by atoms with Gasteiger partial charge in [-0.05, 0) is 12.1 Å². The zero-order valence-electron chi connectivity index (χ0n) is 10.4. The Labute approximate surface area is 110 Å². The summed E-state index contributed by atoms with van der Waals surface area (Å²) in [5, 5.41) is 8.93. The third-order valence-corrected chi connectivity index (χ3v) is 3.24. The maximum atomic E-state index is 10.9. The van der Waals surface area contributed by atoms with E-state index in [1.165, 1.54) is 6.07 Å². The van der Waals surface area contributed by atoms with Gasteiger partial charge in [0.25, 0.3) is 0 Å². The molecule has 6 heteroatoms. The molecular weight excluding hydrogens is 244 g/mol. The Balaban J connectivity index is 1.72. The highest BCUT2D eigenvalue weighted by molar-refractivity contribution is 5.85. The molecule has 1 aliphatic rings. The Kier molecular flexibility index (Phi) is 3.00. The van der Waals surface area contributed by atoms with Gasteiger partial charge >= 0.3 is 5.97 Å². The third kappa shape index (κ3) is 2.48. The number of pyridine rings is 1. The van der Waals surface area contributed by atoms with Crippen molar-refractivity contribution in [1.29, 1.82) is 0 Å². The highest BCUT2D eigenvalue weighted by Crippen LogP contribution is 2.13. The van der Waals surface area contributed by atoms with Gasteiger partial charge in [-0.15, -0.1) is 0 Å². The van der Waals surface area contributed by atoms with E-state index in [-0.39, 0.29) is 5.69 Å². The number of fused-ring (bicyclic) bond motifs is 1. The summed E-state index contributed by atoms with van der Waals surface area (Å²) >= 11 is 0. The van der Waals surface area contributed by atoms with Crippen molar-refractivity contribution in [2.24, 2.45) is 0 Å². The molecule has 0 radical (unpaired) electrons. The minimum atomic E-state index is -0.990. The molecule has 0 saturated heterocycles. The lowest BCUT2D eigenvalue weighted by Crippen LogP contribution is -2.33. The summed E-state index contributed by atoms with van der Waals surface area (Å²) in [6.07, 6.45) is 3.79. The van der Waals surface area contributed by atoms with Crippen molar-refractivity contribution >= 4 is 5.97 Å². The van der Waals surface area contributed by atoms with Crippen LogP contribution in [0, 0.1) is 0 Å². The number of aromatic nitrogens is 3. The smallest absolute Gasteiger partial charge is 0.354 e. The molecule has 0 fully saturated rings. The molecular formula is C13H14N4O2. The first-order valence-corrected chi connectivity index (χ1v) is 6.14. The van der Waals surface area contributed by atoms with Gasteiger partial charge in [0, 0.05) is 32.0 Å². The van der Waals surface area contributed by atoms with Gasteiger partial charge in [-0.2, -0.15) is 0 Å². The van der Waals surface area contributed by atoms with Crippen LogP contribution >= 0.6 is 0 Å². The Morgan fingerprint density at radius 3 is 3.11 bits per heavy atom. The van der Waals surface area contributed by atoms with Crippen LogP contribution in [0.25, 0.3) is 0 Å². The first-order valence-electron chi connectivity index (χ1n) is 6.14. The minimum Gasteiger partial charge on any atom is -0.477 e. The number of carbonyl (C=O) groups is 1. The maximum Gasteiger partial charge on any atom is 0.354 e. The van der Waals surface area contributed by atoms with Crippen molar-refractivity contribution in [3.8, 4) is 0 Å². The molecule has 1 aliphatic heterocycles. The third-order valence-electron chi connectivity index (χ3n) is 3.24. The number of carboxylic acid groups (broad SMARTS) is 1. The van der Waals surface area contributed by atoms with Crippen LogP contribution in [0.5, 0.6) is 0 Å². The van der Waals surface area contributed by atoms with Crippen LogP contribution in [0.2, 0.25) is 0 Å². The summed E-state index contributed by atoms with van der Waals surface area (Å²) in [6.45, 7) is 3.25. The van der Waals surface area contributed by atoms with Gasteiger partial charge in [0.05, 0.1) is 12.2 Å². The minimum absolute atomic E-state index is 0.0935. The SMILES string of the molecule is O=C(O)c1cccc(CN2CCn3ccnc3C2)n1. The van der Waals surface area contributed by atoms with Crippen LogP contribution in [-0.4, -0.2) is 37.1 Å². The van der Waals surface area contributed by atoms with E-state index in [2.05, 4.69) is 19.4 Å². The number of nitrogens with zero attached hydrogens (tertiary/aromatic N) is 4. The summed E-state index contributed by atoms with van der Waals surface area (Å²) in [4.78, 5) is 21.5. The number of hydrogen-bond donors (Lipinski definition) is 1. The second kappa shape index (κ2) is 4.81. The second-order valence-electron chi connectivity index (χ2n) is 4.57. The van der Waals surface area contributed by atoms with Crippen molar-refractivity contribution in [1.82, 2.24) is 19.4 Å². The van der Waals surface area contributed by atoms with E-state index in [1.54, 1.807) is 6.07 Å². The lowest BCUT2D eigenvalue weighted by molar-refractivity contribution is 0.0689. The Morgan fingerprint density at radius 2 is 2.26 bits per heavy atom. The normalized spacial score (nSPS) is 15.2. The predicted octanol–water partition coefficient (Wildman–Crippen LogP) is 0.992. The Bertz CT molecular complexity index is 608. The van der Waals surface area contributed by atoms with Crippen LogP contribution in [0.15, 0.2) is 30.6 Å². The van der Waals surface area contributed by atoms with Crippen molar-refractivity contribution in [3.63, 3.8) is 0 Å². The first-order chi connectivity index (χ1) is 9.22. The quantitative estimate of drug-likeness (QED) is 0.889. The van der Waals surface area contributed by atoms with Crippen molar-refractivity contribution < 1.29 is 9.90 Å². The van der Waals surface area contributed by atoms with Crippen molar-refractivity contribution in [2.75, 3.05) is 6.54 Å². The molecule has 0 aliphatic carbocycles. The monoisotopic (exact) mass is 258 g/mol. The average Bonchev–Trinajstić information content (AvgIpc) is 2.86. The summed E-state index contributed by atoms with van der Waals surface area (Å²) in [7, 11) is 0.